The van der Waals surface area contributed by atoms with Crippen LogP contribution in [0.3, 0.4) is 0 Å². The molecule has 0 spiro atoms. The van der Waals surface area contributed by atoms with Gasteiger partial charge in [0.2, 0.25) is 0 Å². The molecule has 1 atom stereocenters. The van der Waals surface area contributed by atoms with Gasteiger partial charge in [0.1, 0.15) is 5.50 Å². The molecule has 17 heavy (non-hydrogen) atoms. The Morgan fingerprint density at radius 3 is 2.53 bits per heavy atom. The van der Waals surface area contributed by atoms with Crippen LogP contribution < -0.4 is 0 Å². The van der Waals surface area contributed by atoms with E-state index in [9.17, 15) is 4.39 Å². The lowest BCUT2D eigenvalue weighted by molar-refractivity contribution is 0.412. The van der Waals surface area contributed by atoms with Crippen LogP contribution in [-0.4, -0.2) is 5.50 Å². The number of unbranched alkanes of at least 4 members (excludes halogenated alkanes) is 4. The first-order valence-corrected chi connectivity index (χ1v) is 6.93. The fraction of sp³-hybridized carbons (Fsp3) is 0.500. The van der Waals surface area contributed by atoms with E-state index < -0.39 is 5.50 Å². The Morgan fingerprint density at radius 2 is 1.82 bits per heavy atom. The smallest absolute Gasteiger partial charge is 0.150 e. The average Bonchev–Trinajstić information content (AvgIpc) is 2.35. The van der Waals surface area contributed by atoms with E-state index in [1.807, 2.05) is 30.3 Å². The van der Waals surface area contributed by atoms with Crippen molar-refractivity contribution in [1.82, 2.24) is 0 Å². The van der Waals surface area contributed by atoms with Crippen LogP contribution in [-0.2, 0) is 0 Å². The normalized spacial score (nSPS) is 12.0. The maximum Gasteiger partial charge on any atom is 0.150 e. The minimum atomic E-state index is -0.812. The van der Waals surface area contributed by atoms with E-state index in [2.05, 4.69) is 6.07 Å². The molecule has 0 aliphatic carbocycles. The van der Waals surface area contributed by atoms with Gasteiger partial charge in [0.05, 0.1) is 6.07 Å². The molecule has 0 saturated carbocycles. The fourth-order valence-electron chi connectivity index (χ4n) is 1.57. The molecule has 0 aliphatic rings. The van der Waals surface area contributed by atoms with Gasteiger partial charge in [0.25, 0.3) is 0 Å². The molecule has 1 unspecified atom stereocenters. The molecule has 1 aromatic rings. The molecule has 0 aliphatic heterocycles. The number of rotatable bonds is 8. The van der Waals surface area contributed by atoms with Gasteiger partial charge < -0.3 is 0 Å². The van der Waals surface area contributed by atoms with E-state index >= 15 is 0 Å². The van der Waals surface area contributed by atoms with E-state index in [1.165, 1.54) is 11.8 Å². The largest absolute Gasteiger partial charge is 0.235 e. The van der Waals surface area contributed by atoms with Crippen molar-refractivity contribution in [2.24, 2.45) is 0 Å². The molecule has 0 heterocycles. The van der Waals surface area contributed by atoms with Crippen molar-refractivity contribution in [2.45, 2.75) is 48.9 Å². The zero-order valence-electron chi connectivity index (χ0n) is 9.94. The predicted molar refractivity (Wildman–Crippen MR) is 70.5 cm³/mol. The monoisotopic (exact) mass is 251 g/mol. The Hall–Kier alpha value is -1.01. The summed E-state index contributed by atoms with van der Waals surface area (Å²) in [6, 6.07) is 11.8. The van der Waals surface area contributed by atoms with E-state index in [1.54, 1.807) is 0 Å². The molecule has 1 nitrogen and oxygen atoms in total. The van der Waals surface area contributed by atoms with Gasteiger partial charge in [-0.1, -0.05) is 42.8 Å². The first-order chi connectivity index (χ1) is 8.33. The average molecular weight is 251 g/mol. The zero-order chi connectivity index (χ0) is 12.3. The highest BCUT2D eigenvalue weighted by Crippen LogP contribution is 2.27. The quantitative estimate of drug-likeness (QED) is 0.482. The second kappa shape index (κ2) is 9.07. The van der Waals surface area contributed by atoms with E-state index in [0.717, 1.165) is 30.6 Å². The zero-order valence-corrected chi connectivity index (χ0v) is 10.8. The van der Waals surface area contributed by atoms with Crippen molar-refractivity contribution in [2.75, 3.05) is 0 Å². The van der Waals surface area contributed by atoms with E-state index in [0.29, 0.717) is 12.8 Å². The van der Waals surface area contributed by atoms with Gasteiger partial charge in [-0.2, -0.15) is 5.26 Å². The minimum absolute atomic E-state index is 0.603. The number of hydrogen-bond donors (Lipinski definition) is 0. The standard InChI is InChI=1S/C14H18FNS/c15-14(11-7-2-1-3-8-12-16)17-13-9-5-4-6-10-13/h4-6,9-10,14H,1-3,7-8,11H2. The molecule has 1 rings (SSSR count). The number of nitrogens with zero attached hydrogens (tertiary/aromatic N) is 1. The molecule has 1 aromatic carbocycles. The van der Waals surface area contributed by atoms with Gasteiger partial charge in [0, 0.05) is 11.3 Å². The first-order valence-electron chi connectivity index (χ1n) is 6.05. The van der Waals surface area contributed by atoms with Crippen molar-refractivity contribution in [3.8, 4) is 6.07 Å². The molecular weight excluding hydrogens is 233 g/mol. The van der Waals surface area contributed by atoms with Gasteiger partial charge in [0.15, 0.2) is 0 Å². The summed E-state index contributed by atoms with van der Waals surface area (Å²) in [5, 5.41) is 8.36. The number of hydrogen-bond acceptors (Lipinski definition) is 2. The minimum Gasteiger partial charge on any atom is -0.235 e. The Balaban J connectivity index is 2.06. The number of nitriles is 1. The van der Waals surface area contributed by atoms with Crippen LogP contribution in [0.4, 0.5) is 4.39 Å². The molecule has 0 saturated heterocycles. The van der Waals surface area contributed by atoms with Crippen molar-refractivity contribution < 1.29 is 4.39 Å². The lowest BCUT2D eigenvalue weighted by Gasteiger charge is -2.07. The number of alkyl halides is 1. The molecule has 92 valence electrons. The summed E-state index contributed by atoms with van der Waals surface area (Å²) < 4.78 is 13.6. The second-order valence-corrected chi connectivity index (χ2v) is 5.17. The molecule has 0 bridgehead atoms. The van der Waals surface area contributed by atoms with Crippen LogP contribution in [0.5, 0.6) is 0 Å². The summed E-state index contributed by atoms with van der Waals surface area (Å²) in [4.78, 5) is 0.990. The highest BCUT2D eigenvalue weighted by Gasteiger charge is 2.07. The summed E-state index contributed by atoms with van der Waals surface area (Å²) in [5.74, 6) is 0. The molecule has 0 fully saturated rings. The van der Waals surface area contributed by atoms with Crippen LogP contribution in [0, 0.1) is 11.3 Å². The highest BCUT2D eigenvalue weighted by atomic mass is 32.2. The van der Waals surface area contributed by atoms with Crippen molar-refractivity contribution in [1.29, 1.82) is 5.26 Å². The molecule has 0 amide bonds. The number of benzene rings is 1. The SMILES string of the molecule is N#CCCCCCCC(F)Sc1ccccc1. The van der Waals surface area contributed by atoms with Gasteiger partial charge in [-0.05, 0) is 31.4 Å². The molecule has 0 N–H and O–H groups in total. The Morgan fingerprint density at radius 1 is 1.12 bits per heavy atom. The third-order valence-corrected chi connectivity index (χ3v) is 3.51. The molecule has 0 aromatic heterocycles. The van der Waals surface area contributed by atoms with Crippen LogP contribution in [0.1, 0.15) is 38.5 Å². The van der Waals surface area contributed by atoms with Gasteiger partial charge in [-0.3, -0.25) is 0 Å². The summed E-state index contributed by atoms with van der Waals surface area (Å²) >= 11 is 1.29. The summed E-state index contributed by atoms with van der Waals surface area (Å²) in [6.45, 7) is 0. The van der Waals surface area contributed by atoms with Crippen LogP contribution >= 0.6 is 11.8 Å². The predicted octanol–water partition coefficient (Wildman–Crippen LogP) is 4.94. The maximum absolute atomic E-state index is 13.6. The van der Waals surface area contributed by atoms with E-state index in [4.69, 9.17) is 5.26 Å². The number of thioether (sulfide) groups is 1. The van der Waals surface area contributed by atoms with Gasteiger partial charge >= 0.3 is 0 Å². The van der Waals surface area contributed by atoms with E-state index in [-0.39, 0.29) is 0 Å². The van der Waals surface area contributed by atoms with Crippen LogP contribution in [0.15, 0.2) is 35.2 Å². The van der Waals surface area contributed by atoms with Crippen LogP contribution in [0.25, 0.3) is 0 Å². The van der Waals surface area contributed by atoms with Crippen molar-refractivity contribution >= 4 is 11.8 Å². The third-order valence-electron chi connectivity index (χ3n) is 2.48. The highest BCUT2D eigenvalue weighted by molar-refractivity contribution is 7.99. The topological polar surface area (TPSA) is 23.8 Å². The maximum atomic E-state index is 13.6. The molecule has 3 heteroatoms. The fourth-order valence-corrected chi connectivity index (χ4v) is 2.46. The summed E-state index contributed by atoms with van der Waals surface area (Å²) in [6.07, 6.45) is 5.14. The third kappa shape index (κ3) is 7.01. The number of halogens is 1. The molecule has 0 radical (unpaired) electrons. The Bertz CT molecular complexity index is 334. The van der Waals surface area contributed by atoms with Gasteiger partial charge in [-0.15, -0.1) is 0 Å². The summed E-state index contributed by atoms with van der Waals surface area (Å²) in [7, 11) is 0. The summed E-state index contributed by atoms with van der Waals surface area (Å²) in [5.41, 5.74) is -0.812. The lowest BCUT2D eigenvalue weighted by Crippen LogP contribution is -1.93. The lowest BCUT2D eigenvalue weighted by atomic mass is 10.1. The van der Waals surface area contributed by atoms with Crippen molar-refractivity contribution in [3.63, 3.8) is 0 Å². The second-order valence-electron chi connectivity index (χ2n) is 3.95. The van der Waals surface area contributed by atoms with Crippen molar-refractivity contribution in [3.05, 3.63) is 30.3 Å². The Labute approximate surface area is 107 Å². The van der Waals surface area contributed by atoms with Crippen LogP contribution in [0.2, 0.25) is 0 Å². The first kappa shape index (κ1) is 14.1. The Kier molecular flexibility index (Phi) is 7.49. The van der Waals surface area contributed by atoms with Gasteiger partial charge in [-0.25, -0.2) is 4.39 Å². The molecular formula is C14H18FNS.